The molecule has 0 aliphatic heterocycles. The maximum absolute atomic E-state index is 13.1. The number of halogens is 1. The first kappa shape index (κ1) is 23.6. The second kappa shape index (κ2) is 9.63. The van der Waals surface area contributed by atoms with Gasteiger partial charge >= 0.3 is 0 Å². The minimum atomic E-state index is -3.74. The molecule has 0 radical (unpaired) electrons. The quantitative estimate of drug-likeness (QED) is 0.489. The molecule has 1 N–H and O–H groups in total. The molecule has 3 aromatic rings. The van der Waals surface area contributed by atoms with Crippen LogP contribution in [0.25, 0.3) is 0 Å². The summed E-state index contributed by atoms with van der Waals surface area (Å²) in [6.45, 7) is 5.37. The van der Waals surface area contributed by atoms with Crippen molar-refractivity contribution in [2.24, 2.45) is 0 Å². The number of nitrogens with one attached hydrogen (secondary N) is 1. The molecule has 0 fully saturated rings. The molecule has 6 nitrogen and oxygen atoms in total. The van der Waals surface area contributed by atoms with E-state index in [1.807, 2.05) is 38.1 Å². The molecule has 0 heterocycles. The number of amides is 1. The molecular formula is C24H25ClN2O4S. The van der Waals surface area contributed by atoms with Crippen LogP contribution in [-0.2, 0) is 14.8 Å². The van der Waals surface area contributed by atoms with Crippen LogP contribution in [0.2, 0.25) is 5.02 Å². The van der Waals surface area contributed by atoms with Crippen LogP contribution in [0.1, 0.15) is 18.1 Å². The molecule has 1 atom stereocenters. The van der Waals surface area contributed by atoms with Crippen LogP contribution in [0.5, 0.6) is 11.5 Å². The van der Waals surface area contributed by atoms with Gasteiger partial charge in [-0.05, 0) is 74.4 Å². The molecule has 3 rings (SSSR count). The molecule has 0 aromatic heterocycles. The number of sulfonamides is 1. The molecule has 32 heavy (non-hydrogen) atoms. The van der Waals surface area contributed by atoms with E-state index in [1.165, 1.54) is 6.92 Å². The highest BCUT2D eigenvalue weighted by atomic mass is 35.5. The van der Waals surface area contributed by atoms with Crippen LogP contribution in [0, 0.1) is 13.8 Å². The number of hydrogen-bond donors (Lipinski definition) is 1. The number of para-hydroxylation sites is 1. The third-order valence-corrected chi connectivity index (χ3v) is 6.48. The number of benzene rings is 3. The fourth-order valence-electron chi connectivity index (χ4n) is 3.21. The Kier molecular flexibility index (Phi) is 7.11. The predicted octanol–water partition coefficient (Wildman–Crippen LogP) is 5.54. The highest BCUT2D eigenvalue weighted by molar-refractivity contribution is 7.92. The SMILES string of the molecule is Cc1ccc(N(C(C)C(=O)Nc2cc(Cl)ccc2Oc2ccccc2)S(C)(=O)=O)cc1C. The van der Waals surface area contributed by atoms with Gasteiger partial charge in [-0.25, -0.2) is 8.42 Å². The van der Waals surface area contributed by atoms with Gasteiger partial charge in [-0.2, -0.15) is 0 Å². The molecular weight excluding hydrogens is 448 g/mol. The number of ether oxygens (including phenoxy) is 1. The Labute approximate surface area is 193 Å². The number of rotatable bonds is 7. The first-order valence-electron chi connectivity index (χ1n) is 9.96. The van der Waals surface area contributed by atoms with Crippen LogP contribution in [0.4, 0.5) is 11.4 Å². The van der Waals surface area contributed by atoms with Gasteiger partial charge in [0.1, 0.15) is 11.8 Å². The lowest BCUT2D eigenvalue weighted by Gasteiger charge is -2.29. The molecule has 0 saturated heterocycles. The monoisotopic (exact) mass is 472 g/mol. The Morgan fingerprint density at radius 1 is 1.00 bits per heavy atom. The Morgan fingerprint density at radius 2 is 1.69 bits per heavy atom. The van der Waals surface area contributed by atoms with Crippen molar-refractivity contribution in [3.63, 3.8) is 0 Å². The first-order chi connectivity index (χ1) is 15.1. The molecule has 1 amide bonds. The van der Waals surface area contributed by atoms with Gasteiger partial charge < -0.3 is 10.1 Å². The summed E-state index contributed by atoms with van der Waals surface area (Å²) in [4.78, 5) is 13.1. The fourth-order valence-corrected chi connectivity index (χ4v) is 4.55. The number of nitrogens with zero attached hydrogens (tertiary/aromatic N) is 1. The van der Waals surface area contributed by atoms with Crippen LogP contribution < -0.4 is 14.4 Å². The van der Waals surface area contributed by atoms with Gasteiger partial charge in [0, 0.05) is 5.02 Å². The van der Waals surface area contributed by atoms with Crippen LogP contribution >= 0.6 is 11.6 Å². The lowest BCUT2D eigenvalue weighted by molar-refractivity contribution is -0.116. The van der Waals surface area contributed by atoms with Crippen LogP contribution in [0.3, 0.4) is 0 Å². The third-order valence-electron chi connectivity index (χ3n) is 5.00. The smallest absolute Gasteiger partial charge is 0.248 e. The molecule has 168 valence electrons. The average molecular weight is 473 g/mol. The summed E-state index contributed by atoms with van der Waals surface area (Å²) >= 11 is 6.13. The van der Waals surface area contributed by atoms with Gasteiger partial charge in [-0.1, -0.05) is 35.9 Å². The van der Waals surface area contributed by atoms with E-state index in [4.69, 9.17) is 16.3 Å². The van der Waals surface area contributed by atoms with E-state index >= 15 is 0 Å². The first-order valence-corrected chi connectivity index (χ1v) is 12.2. The van der Waals surface area contributed by atoms with Gasteiger partial charge in [-0.3, -0.25) is 9.10 Å². The number of carbonyl (C=O) groups excluding carboxylic acids is 1. The predicted molar refractivity (Wildman–Crippen MR) is 129 cm³/mol. The zero-order valence-electron chi connectivity index (χ0n) is 18.3. The van der Waals surface area contributed by atoms with Crippen molar-refractivity contribution >= 4 is 38.9 Å². The average Bonchev–Trinajstić information content (AvgIpc) is 2.72. The second-order valence-corrected chi connectivity index (χ2v) is 9.84. The molecule has 0 bridgehead atoms. The molecule has 0 saturated carbocycles. The normalized spacial score (nSPS) is 12.2. The Balaban J connectivity index is 1.91. The minimum absolute atomic E-state index is 0.340. The summed E-state index contributed by atoms with van der Waals surface area (Å²) in [5.41, 5.74) is 2.72. The van der Waals surface area contributed by atoms with Gasteiger partial charge in [-0.15, -0.1) is 0 Å². The second-order valence-electron chi connectivity index (χ2n) is 7.55. The minimum Gasteiger partial charge on any atom is -0.455 e. The van der Waals surface area contributed by atoms with E-state index in [0.29, 0.717) is 27.9 Å². The fraction of sp³-hybridized carbons (Fsp3) is 0.208. The van der Waals surface area contributed by atoms with Crippen LogP contribution in [0.15, 0.2) is 66.7 Å². The van der Waals surface area contributed by atoms with E-state index in [9.17, 15) is 13.2 Å². The van der Waals surface area contributed by atoms with Gasteiger partial charge in [0.25, 0.3) is 0 Å². The molecule has 0 spiro atoms. The zero-order valence-corrected chi connectivity index (χ0v) is 19.9. The lowest BCUT2D eigenvalue weighted by Crippen LogP contribution is -2.45. The van der Waals surface area contributed by atoms with Crippen molar-refractivity contribution in [1.29, 1.82) is 0 Å². The Bertz CT molecular complexity index is 1230. The number of anilines is 2. The molecule has 8 heteroatoms. The zero-order chi connectivity index (χ0) is 23.5. The number of hydrogen-bond acceptors (Lipinski definition) is 4. The summed E-state index contributed by atoms with van der Waals surface area (Å²) in [7, 11) is -3.74. The summed E-state index contributed by atoms with van der Waals surface area (Å²) in [5, 5.41) is 3.17. The molecule has 0 aliphatic carbocycles. The number of aryl methyl sites for hydroxylation is 2. The van der Waals surface area contributed by atoms with Gasteiger partial charge in [0.05, 0.1) is 17.6 Å². The summed E-state index contributed by atoms with van der Waals surface area (Å²) < 4.78 is 32.2. The summed E-state index contributed by atoms with van der Waals surface area (Å²) in [6, 6.07) is 18.2. The van der Waals surface area contributed by atoms with Crippen molar-refractivity contribution in [1.82, 2.24) is 0 Å². The molecule has 0 aliphatic rings. The molecule has 1 unspecified atom stereocenters. The Hall–Kier alpha value is -3.03. The number of carbonyl (C=O) groups is 1. The van der Waals surface area contributed by atoms with Crippen molar-refractivity contribution in [2.45, 2.75) is 26.8 Å². The molecule has 3 aromatic carbocycles. The van der Waals surface area contributed by atoms with E-state index in [0.717, 1.165) is 21.7 Å². The summed E-state index contributed by atoms with van der Waals surface area (Å²) in [6.07, 6.45) is 1.08. The highest BCUT2D eigenvalue weighted by Gasteiger charge is 2.30. The van der Waals surface area contributed by atoms with E-state index in [1.54, 1.807) is 42.5 Å². The third kappa shape index (κ3) is 5.60. The van der Waals surface area contributed by atoms with Gasteiger partial charge in [0.2, 0.25) is 15.9 Å². The van der Waals surface area contributed by atoms with Crippen molar-refractivity contribution in [2.75, 3.05) is 15.9 Å². The topological polar surface area (TPSA) is 75.7 Å². The maximum Gasteiger partial charge on any atom is 0.248 e. The van der Waals surface area contributed by atoms with E-state index < -0.39 is 22.0 Å². The standard InChI is InChI=1S/C24H25ClN2O4S/c1-16-10-12-20(14-17(16)2)27(32(4,29)30)18(3)24(28)26-22-15-19(25)11-13-23(22)31-21-8-6-5-7-9-21/h5-15,18H,1-4H3,(H,26,28). The van der Waals surface area contributed by atoms with E-state index in [-0.39, 0.29) is 0 Å². The van der Waals surface area contributed by atoms with Gasteiger partial charge in [0.15, 0.2) is 5.75 Å². The summed E-state index contributed by atoms with van der Waals surface area (Å²) in [5.74, 6) is 0.457. The van der Waals surface area contributed by atoms with Crippen LogP contribution in [-0.4, -0.2) is 26.6 Å². The highest BCUT2D eigenvalue weighted by Crippen LogP contribution is 2.33. The van der Waals surface area contributed by atoms with Crippen molar-refractivity contribution in [3.8, 4) is 11.5 Å². The lowest BCUT2D eigenvalue weighted by atomic mass is 10.1. The van der Waals surface area contributed by atoms with Crippen molar-refractivity contribution in [3.05, 3.63) is 82.9 Å². The van der Waals surface area contributed by atoms with E-state index in [2.05, 4.69) is 5.32 Å². The van der Waals surface area contributed by atoms with Crippen molar-refractivity contribution < 1.29 is 17.9 Å². The largest absolute Gasteiger partial charge is 0.455 e. The Morgan fingerprint density at radius 3 is 2.31 bits per heavy atom. The maximum atomic E-state index is 13.1.